The molecule has 0 amide bonds. The minimum Gasteiger partial charge on any atom is -0.508 e. The average Bonchev–Trinajstić information content (AvgIpc) is 2.97. The summed E-state index contributed by atoms with van der Waals surface area (Å²) in [5, 5.41) is 20.0. The molecular formula is C21H20N2O4. The van der Waals surface area contributed by atoms with E-state index < -0.39 is 5.95 Å². The number of aryl methyl sites for hydroxylation is 2. The normalized spacial score (nSPS) is 12.1. The monoisotopic (exact) mass is 364 g/mol. The average molecular weight is 364 g/mol. The van der Waals surface area contributed by atoms with Crippen LogP contribution in [0.4, 0.5) is 0 Å². The predicted molar refractivity (Wildman–Crippen MR) is 103 cm³/mol. The molecule has 0 radical (unpaired) electrons. The molecule has 0 fully saturated rings. The van der Waals surface area contributed by atoms with Crippen LogP contribution in [0.15, 0.2) is 41.6 Å². The minimum atomic E-state index is -0.413. The third kappa shape index (κ3) is 2.65. The zero-order valence-electron chi connectivity index (χ0n) is 15.2. The zero-order chi connectivity index (χ0) is 19.3. The zero-order valence-corrected chi connectivity index (χ0v) is 15.2. The third-order valence-electron chi connectivity index (χ3n) is 5.11. The number of aromatic nitrogens is 2. The van der Waals surface area contributed by atoms with Crippen molar-refractivity contribution in [1.29, 1.82) is 0 Å². The molecule has 3 aromatic rings. The van der Waals surface area contributed by atoms with Crippen LogP contribution in [0.25, 0.3) is 22.3 Å². The smallest absolute Gasteiger partial charge is 0.269 e. The number of aromatic hydroxyl groups is 1. The molecule has 4 rings (SSSR count). The Morgan fingerprint density at radius 3 is 2.81 bits per heavy atom. The number of benzene rings is 1. The Labute approximate surface area is 156 Å². The molecule has 138 valence electrons. The van der Waals surface area contributed by atoms with E-state index >= 15 is 0 Å². The molecule has 3 heterocycles. The molecule has 0 unspecified atom stereocenters. The minimum absolute atomic E-state index is 0.0272. The molecule has 1 aromatic carbocycles. The molecule has 6 heteroatoms. The molecule has 0 saturated heterocycles. The van der Waals surface area contributed by atoms with E-state index in [1.165, 1.54) is 0 Å². The molecule has 0 atom stereocenters. The fourth-order valence-corrected chi connectivity index (χ4v) is 3.80. The maximum atomic E-state index is 13.0. The van der Waals surface area contributed by atoms with E-state index in [2.05, 4.69) is 13.5 Å². The fourth-order valence-electron chi connectivity index (χ4n) is 3.80. The number of rotatable bonds is 4. The second-order valence-electron chi connectivity index (χ2n) is 6.74. The summed E-state index contributed by atoms with van der Waals surface area (Å²) in [7, 11) is 0. The van der Waals surface area contributed by atoms with E-state index in [9.17, 15) is 15.0 Å². The standard InChI is InChI=1S/C21H20N2O4/c1-4-14-15-8-13(25)5-6-18(15)22-20-16(14)9-23-19(20)7-11(2)17(21(23)26)10-27-12(3)24/h5-8,24-25H,3-4,9-10H2,1-2H3. The quantitative estimate of drug-likeness (QED) is 0.541. The highest BCUT2D eigenvalue weighted by atomic mass is 16.6. The van der Waals surface area contributed by atoms with Crippen molar-refractivity contribution in [2.45, 2.75) is 33.4 Å². The Morgan fingerprint density at radius 1 is 1.33 bits per heavy atom. The third-order valence-corrected chi connectivity index (χ3v) is 5.11. The van der Waals surface area contributed by atoms with Gasteiger partial charge in [-0.3, -0.25) is 4.79 Å². The summed E-state index contributed by atoms with van der Waals surface area (Å²) >= 11 is 0. The van der Waals surface area contributed by atoms with Gasteiger partial charge in [-0.15, -0.1) is 0 Å². The van der Waals surface area contributed by atoms with Crippen molar-refractivity contribution >= 4 is 10.9 Å². The lowest BCUT2D eigenvalue weighted by Gasteiger charge is -2.11. The van der Waals surface area contributed by atoms with Gasteiger partial charge in [-0.1, -0.05) is 6.92 Å². The number of pyridine rings is 2. The Hall–Kier alpha value is -3.28. The summed E-state index contributed by atoms with van der Waals surface area (Å²) in [5.41, 5.74) is 5.61. The number of nitrogens with zero attached hydrogens (tertiary/aromatic N) is 2. The molecular weight excluding hydrogens is 344 g/mol. The van der Waals surface area contributed by atoms with Gasteiger partial charge in [0.2, 0.25) is 0 Å². The van der Waals surface area contributed by atoms with Crippen molar-refractivity contribution < 1.29 is 14.9 Å². The summed E-state index contributed by atoms with van der Waals surface area (Å²) in [6, 6.07) is 7.08. The molecule has 0 spiro atoms. The molecule has 1 aliphatic rings. The van der Waals surface area contributed by atoms with Crippen LogP contribution >= 0.6 is 0 Å². The summed E-state index contributed by atoms with van der Waals surface area (Å²) in [6.07, 6.45) is 0.771. The number of fused-ring (bicyclic) bond motifs is 4. The van der Waals surface area contributed by atoms with Crippen molar-refractivity contribution in [2.24, 2.45) is 0 Å². The van der Waals surface area contributed by atoms with Gasteiger partial charge in [0.1, 0.15) is 12.4 Å². The first kappa shape index (κ1) is 17.1. The highest BCUT2D eigenvalue weighted by molar-refractivity contribution is 5.89. The van der Waals surface area contributed by atoms with Crippen molar-refractivity contribution in [3.63, 3.8) is 0 Å². The second kappa shape index (κ2) is 6.16. The largest absolute Gasteiger partial charge is 0.508 e. The molecule has 6 nitrogen and oxygen atoms in total. The highest BCUT2D eigenvalue weighted by Gasteiger charge is 2.27. The first-order valence-corrected chi connectivity index (χ1v) is 8.79. The highest BCUT2D eigenvalue weighted by Crippen LogP contribution is 2.37. The van der Waals surface area contributed by atoms with E-state index in [-0.39, 0.29) is 17.9 Å². The number of aliphatic hydroxyl groups excluding tert-OH is 1. The Balaban J connectivity index is 1.94. The van der Waals surface area contributed by atoms with E-state index in [1.807, 2.05) is 13.0 Å². The van der Waals surface area contributed by atoms with E-state index in [0.29, 0.717) is 12.1 Å². The topological polar surface area (TPSA) is 84.6 Å². The maximum Gasteiger partial charge on any atom is 0.269 e. The Morgan fingerprint density at radius 2 is 2.11 bits per heavy atom. The first-order valence-electron chi connectivity index (χ1n) is 8.79. The van der Waals surface area contributed by atoms with Crippen molar-refractivity contribution in [1.82, 2.24) is 9.55 Å². The number of ether oxygens (including phenoxy) is 1. The lowest BCUT2D eigenvalue weighted by atomic mass is 9.98. The van der Waals surface area contributed by atoms with E-state index in [4.69, 9.17) is 9.72 Å². The summed E-state index contributed by atoms with van der Waals surface area (Å²) in [6.45, 7) is 7.60. The summed E-state index contributed by atoms with van der Waals surface area (Å²) < 4.78 is 6.75. The van der Waals surface area contributed by atoms with Crippen LogP contribution in [0.1, 0.15) is 29.2 Å². The van der Waals surface area contributed by atoms with Crippen molar-refractivity contribution in [3.05, 3.63) is 69.4 Å². The molecule has 0 bridgehead atoms. The summed E-state index contributed by atoms with van der Waals surface area (Å²) in [4.78, 5) is 17.8. The Kier molecular flexibility index (Phi) is 3.91. The van der Waals surface area contributed by atoms with Gasteiger partial charge in [0.05, 0.1) is 29.0 Å². The van der Waals surface area contributed by atoms with Gasteiger partial charge in [-0.25, -0.2) is 4.98 Å². The van der Waals surface area contributed by atoms with Crippen LogP contribution in [-0.4, -0.2) is 19.8 Å². The van der Waals surface area contributed by atoms with Crippen LogP contribution in [0.3, 0.4) is 0 Å². The Bertz CT molecular complexity index is 1160. The molecule has 2 aromatic heterocycles. The van der Waals surface area contributed by atoms with Gasteiger partial charge >= 0.3 is 0 Å². The molecule has 0 saturated carbocycles. The van der Waals surface area contributed by atoms with Gasteiger partial charge < -0.3 is 19.5 Å². The van der Waals surface area contributed by atoms with Crippen LogP contribution in [-0.2, 0) is 24.3 Å². The molecule has 2 N–H and O–H groups in total. The number of phenolic OH excluding ortho intramolecular Hbond substituents is 1. The van der Waals surface area contributed by atoms with Gasteiger partial charge in [0.25, 0.3) is 11.5 Å². The van der Waals surface area contributed by atoms with Gasteiger partial charge in [0, 0.05) is 10.9 Å². The first-order chi connectivity index (χ1) is 12.9. The molecule has 1 aliphatic heterocycles. The van der Waals surface area contributed by atoms with Crippen LogP contribution in [0, 0.1) is 6.92 Å². The second-order valence-corrected chi connectivity index (χ2v) is 6.74. The fraction of sp³-hybridized carbons (Fsp3) is 0.238. The SMILES string of the molecule is C=C(O)OCc1c(C)cc2n(c1=O)Cc1c-2nc2ccc(O)cc2c1CC. The van der Waals surface area contributed by atoms with E-state index in [1.54, 1.807) is 22.8 Å². The molecule has 27 heavy (non-hydrogen) atoms. The maximum absolute atomic E-state index is 13.0. The van der Waals surface area contributed by atoms with Crippen LogP contribution < -0.4 is 5.56 Å². The lowest BCUT2D eigenvalue weighted by molar-refractivity contribution is 0.0838. The predicted octanol–water partition coefficient (Wildman–Crippen LogP) is 3.55. The lowest BCUT2D eigenvalue weighted by Crippen LogP contribution is -2.24. The van der Waals surface area contributed by atoms with E-state index in [0.717, 1.165) is 45.4 Å². The molecule has 0 aliphatic carbocycles. The summed E-state index contributed by atoms with van der Waals surface area (Å²) in [5.74, 6) is -0.213. The van der Waals surface area contributed by atoms with Crippen molar-refractivity contribution in [2.75, 3.05) is 0 Å². The number of hydrogen-bond acceptors (Lipinski definition) is 5. The van der Waals surface area contributed by atoms with Crippen molar-refractivity contribution in [3.8, 4) is 17.1 Å². The van der Waals surface area contributed by atoms with Crippen LogP contribution in [0.2, 0.25) is 0 Å². The van der Waals surface area contributed by atoms with Crippen LogP contribution in [0.5, 0.6) is 5.75 Å². The van der Waals surface area contributed by atoms with Gasteiger partial charge in [-0.05, 0) is 55.3 Å². The van der Waals surface area contributed by atoms with Gasteiger partial charge in [0.15, 0.2) is 0 Å². The van der Waals surface area contributed by atoms with Gasteiger partial charge in [-0.2, -0.15) is 0 Å². The number of hydrogen-bond donors (Lipinski definition) is 2. The number of phenols is 1. The number of aliphatic hydroxyl groups is 1.